The fourth-order valence-corrected chi connectivity index (χ4v) is 1.46. The molecule has 5 heteroatoms. The van der Waals surface area contributed by atoms with Crippen molar-refractivity contribution in [3.63, 3.8) is 0 Å². The summed E-state index contributed by atoms with van der Waals surface area (Å²) in [6.45, 7) is 4.05. The molecular formula is C12H14FN3O. The van der Waals surface area contributed by atoms with Crippen molar-refractivity contribution in [2.45, 2.75) is 20.4 Å². The van der Waals surface area contributed by atoms with E-state index in [1.165, 1.54) is 6.07 Å². The molecule has 0 saturated heterocycles. The molecule has 0 radical (unpaired) electrons. The fourth-order valence-electron chi connectivity index (χ4n) is 1.46. The van der Waals surface area contributed by atoms with Crippen LogP contribution in [0.1, 0.15) is 17.3 Å². The van der Waals surface area contributed by atoms with Gasteiger partial charge in [-0.3, -0.25) is 0 Å². The molecule has 0 bridgehead atoms. The number of oxazole rings is 1. The Hall–Kier alpha value is -2.04. The minimum absolute atomic E-state index is 0.343. The summed E-state index contributed by atoms with van der Waals surface area (Å²) < 4.78 is 18.8. The maximum Gasteiger partial charge on any atom is 0.213 e. The predicted molar refractivity (Wildman–Crippen MR) is 64.1 cm³/mol. The van der Waals surface area contributed by atoms with Gasteiger partial charge in [0.2, 0.25) is 5.89 Å². The lowest BCUT2D eigenvalue weighted by Gasteiger charge is -2.05. The number of nitrogens with zero attached hydrogens (tertiary/aromatic N) is 1. The maximum atomic E-state index is 13.4. The summed E-state index contributed by atoms with van der Waals surface area (Å²) in [4.78, 5) is 4.20. The molecule has 2 aromatic rings. The highest BCUT2D eigenvalue weighted by molar-refractivity contribution is 5.52. The number of aromatic nitrogens is 1. The second-order valence-electron chi connectivity index (χ2n) is 3.84. The van der Waals surface area contributed by atoms with Gasteiger partial charge in [-0.15, -0.1) is 0 Å². The lowest BCUT2D eigenvalue weighted by atomic mass is 10.2. The van der Waals surface area contributed by atoms with Crippen LogP contribution in [0.4, 0.5) is 15.8 Å². The number of aryl methyl sites for hydroxylation is 2. The zero-order valence-electron chi connectivity index (χ0n) is 9.75. The molecule has 0 aliphatic carbocycles. The van der Waals surface area contributed by atoms with Crippen molar-refractivity contribution in [2.75, 3.05) is 11.1 Å². The summed E-state index contributed by atoms with van der Waals surface area (Å²) in [6.07, 6.45) is 0. The van der Waals surface area contributed by atoms with Crippen molar-refractivity contribution in [3.05, 3.63) is 41.4 Å². The van der Waals surface area contributed by atoms with Gasteiger partial charge in [0.25, 0.3) is 0 Å². The Morgan fingerprint density at radius 2 is 2.18 bits per heavy atom. The highest BCUT2D eigenvalue weighted by atomic mass is 19.1. The van der Waals surface area contributed by atoms with Crippen LogP contribution in [-0.4, -0.2) is 4.98 Å². The van der Waals surface area contributed by atoms with Crippen molar-refractivity contribution in [2.24, 2.45) is 0 Å². The van der Waals surface area contributed by atoms with E-state index in [1.807, 2.05) is 13.8 Å². The number of anilines is 2. The van der Waals surface area contributed by atoms with Gasteiger partial charge in [-0.05, 0) is 32.0 Å². The number of rotatable bonds is 3. The first kappa shape index (κ1) is 11.4. The van der Waals surface area contributed by atoms with Crippen molar-refractivity contribution in [1.82, 2.24) is 4.98 Å². The van der Waals surface area contributed by atoms with E-state index in [1.54, 1.807) is 12.1 Å². The average molecular weight is 235 g/mol. The van der Waals surface area contributed by atoms with Crippen LogP contribution >= 0.6 is 0 Å². The van der Waals surface area contributed by atoms with E-state index in [2.05, 4.69) is 10.3 Å². The number of hydrogen-bond acceptors (Lipinski definition) is 4. The molecule has 1 aromatic carbocycles. The Morgan fingerprint density at radius 3 is 2.76 bits per heavy atom. The van der Waals surface area contributed by atoms with E-state index in [0.717, 1.165) is 11.5 Å². The van der Waals surface area contributed by atoms with Crippen LogP contribution in [-0.2, 0) is 6.54 Å². The van der Waals surface area contributed by atoms with Crippen LogP contribution < -0.4 is 11.1 Å². The Morgan fingerprint density at radius 1 is 1.41 bits per heavy atom. The molecule has 17 heavy (non-hydrogen) atoms. The molecule has 0 amide bonds. The van der Waals surface area contributed by atoms with Gasteiger partial charge in [-0.1, -0.05) is 0 Å². The highest BCUT2D eigenvalue weighted by Crippen LogP contribution is 2.18. The summed E-state index contributed by atoms with van der Waals surface area (Å²) in [5, 5.41) is 2.91. The quantitative estimate of drug-likeness (QED) is 0.803. The van der Waals surface area contributed by atoms with E-state index in [-0.39, 0.29) is 5.82 Å². The minimum atomic E-state index is -0.384. The van der Waals surface area contributed by atoms with Crippen LogP contribution in [0.2, 0.25) is 0 Å². The van der Waals surface area contributed by atoms with Crippen LogP contribution in [0.3, 0.4) is 0 Å². The summed E-state index contributed by atoms with van der Waals surface area (Å²) in [6, 6.07) is 4.50. The van der Waals surface area contributed by atoms with Gasteiger partial charge < -0.3 is 15.5 Å². The molecule has 0 atom stereocenters. The summed E-state index contributed by atoms with van der Waals surface area (Å²) in [5.74, 6) is 0.931. The zero-order valence-corrected chi connectivity index (χ0v) is 9.75. The van der Waals surface area contributed by atoms with Gasteiger partial charge in [0.15, 0.2) is 0 Å². The molecule has 3 N–H and O–H groups in total. The van der Waals surface area contributed by atoms with E-state index in [4.69, 9.17) is 10.2 Å². The van der Waals surface area contributed by atoms with E-state index in [9.17, 15) is 4.39 Å². The number of hydrogen-bond donors (Lipinski definition) is 2. The molecule has 2 rings (SSSR count). The summed E-state index contributed by atoms with van der Waals surface area (Å²) in [7, 11) is 0. The summed E-state index contributed by atoms with van der Waals surface area (Å²) in [5.41, 5.74) is 7.09. The first-order valence-corrected chi connectivity index (χ1v) is 5.28. The highest BCUT2D eigenvalue weighted by Gasteiger charge is 2.07. The molecule has 0 unspecified atom stereocenters. The molecule has 0 aliphatic rings. The van der Waals surface area contributed by atoms with Crippen molar-refractivity contribution in [3.8, 4) is 0 Å². The van der Waals surface area contributed by atoms with Gasteiger partial charge in [0, 0.05) is 5.69 Å². The minimum Gasteiger partial charge on any atom is -0.444 e. The number of nitrogens with two attached hydrogens (primary N) is 1. The zero-order chi connectivity index (χ0) is 12.4. The normalized spacial score (nSPS) is 10.5. The monoisotopic (exact) mass is 235 g/mol. The van der Waals surface area contributed by atoms with E-state index in [0.29, 0.717) is 23.8 Å². The molecular weight excluding hydrogens is 221 g/mol. The van der Waals surface area contributed by atoms with Crippen molar-refractivity contribution >= 4 is 11.4 Å². The van der Waals surface area contributed by atoms with E-state index < -0.39 is 0 Å². The number of nitrogens with one attached hydrogen (secondary N) is 1. The molecule has 0 fully saturated rings. The number of benzene rings is 1. The predicted octanol–water partition coefficient (Wildman–Crippen LogP) is 2.62. The van der Waals surface area contributed by atoms with Crippen molar-refractivity contribution < 1.29 is 8.81 Å². The first-order valence-electron chi connectivity index (χ1n) is 5.28. The molecule has 4 nitrogen and oxygen atoms in total. The third-order valence-electron chi connectivity index (χ3n) is 2.50. The fraction of sp³-hybridized carbons (Fsp3) is 0.250. The van der Waals surface area contributed by atoms with Crippen LogP contribution in [0.5, 0.6) is 0 Å². The largest absolute Gasteiger partial charge is 0.444 e. The van der Waals surface area contributed by atoms with Gasteiger partial charge in [0.1, 0.15) is 11.6 Å². The third kappa shape index (κ3) is 2.55. The van der Waals surface area contributed by atoms with Gasteiger partial charge in [-0.2, -0.15) is 0 Å². The number of halogens is 1. The molecule has 1 aromatic heterocycles. The Balaban J connectivity index is 2.07. The second kappa shape index (κ2) is 4.45. The van der Waals surface area contributed by atoms with Gasteiger partial charge in [-0.25, -0.2) is 9.37 Å². The maximum absolute atomic E-state index is 13.4. The Bertz CT molecular complexity index is 517. The Labute approximate surface area is 98.7 Å². The topological polar surface area (TPSA) is 64.1 Å². The lowest BCUT2D eigenvalue weighted by Crippen LogP contribution is -2.02. The van der Waals surface area contributed by atoms with Crippen LogP contribution in [0, 0.1) is 19.7 Å². The Kier molecular flexibility index (Phi) is 2.99. The van der Waals surface area contributed by atoms with Crippen LogP contribution in [0.25, 0.3) is 0 Å². The molecule has 0 aliphatic heterocycles. The summed E-state index contributed by atoms with van der Waals surface area (Å²) >= 11 is 0. The molecule has 0 spiro atoms. The number of nitrogen functional groups attached to an aromatic ring is 1. The standard InChI is InChI=1S/C12H14FN3O/c1-7-8(2)17-12(16-7)6-15-11-4-3-9(14)5-10(11)13/h3-5,15H,6,14H2,1-2H3. The average Bonchev–Trinajstić information content (AvgIpc) is 2.57. The molecule has 90 valence electrons. The molecule has 1 heterocycles. The second-order valence-corrected chi connectivity index (χ2v) is 3.84. The molecule has 0 saturated carbocycles. The third-order valence-corrected chi connectivity index (χ3v) is 2.50. The van der Waals surface area contributed by atoms with Gasteiger partial charge in [0.05, 0.1) is 17.9 Å². The smallest absolute Gasteiger partial charge is 0.213 e. The van der Waals surface area contributed by atoms with E-state index >= 15 is 0 Å². The van der Waals surface area contributed by atoms with Gasteiger partial charge >= 0.3 is 0 Å². The first-order chi connectivity index (χ1) is 8.06. The van der Waals surface area contributed by atoms with Crippen molar-refractivity contribution in [1.29, 1.82) is 0 Å². The van der Waals surface area contributed by atoms with Crippen LogP contribution in [0.15, 0.2) is 22.6 Å². The SMILES string of the molecule is Cc1nc(CNc2ccc(N)cc2F)oc1C. The lowest BCUT2D eigenvalue weighted by molar-refractivity contribution is 0.478.